The number of anilines is 1. The molecule has 1 aliphatic heterocycles. The number of hydrogen-bond acceptors (Lipinski definition) is 5. The van der Waals surface area contributed by atoms with Gasteiger partial charge in [0.1, 0.15) is 17.4 Å². The van der Waals surface area contributed by atoms with Crippen molar-refractivity contribution in [2.24, 2.45) is 0 Å². The van der Waals surface area contributed by atoms with Gasteiger partial charge in [-0.15, -0.1) is 0 Å². The number of benzene rings is 2. The first-order valence-corrected chi connectivity index (χ1v) is 9.86. The second kappa shape index (κ2) is 8.63. The molecule has 1 fully saturated rings. The maximum Gasteiger partial charge on any atom is 0.262 e. The predicted octanol–water partition coefficient (Wildman–Crippen LogP) is 2.00. The molecule has 150 valence electrons. The summed E-state index contributed by atoms with van der Waals surface area (Å²) in [6.45, 7) is 0.863. The van der Waals surface area contributed by atoms with E-state index in [-0.39, 0.29) is 16.3 Å². The van der Waals surface area contributed by atoms with Gasteiger partial charge in [-0.25, -0.2) is 17.2 Å². The standard InChI is InChI=1S/C18H18F2N2O5S/c19-13-1-6-17(16(20)11-13)21-18(23)12-27-14-2-4-15(5-3-14)28(24,25)22-7-9-26-10-8-22/h1-6,11H,7-10,12H2,(H,21,23). The van der Waals surface area contributed by atoms with Crippen molar-refractivity contribution in [1.82, 2.24) is 4.31 Å². The van der Waals surface area contributed by atoms with Crippen LogP contribution in [0.2, 0.25) is 0 Å². The Balaban J connectivity index is 1.57. The number of carbonyl (C=O) groups is 1. The molecule has 0 saturated carbocycles. The third-order valence-corrected chi connectivity index (χ3v) is 5.92. The molecule has 1 N–H and O–H groups in total. The predicted molar refractivity (Wildman–Crippen MR) is 96.5 cm³/mol. The number of halogens is 2. The zero-order valence-corrected chi connectivity index (χ0v) is 15.5. The van der Waals surface area contributed by atoms with E-state index in [1.54, 1.807) is 0 Å². The van der Waals surface area contributed by atoms with Crippen LogP contribution in [0.1, 0.15) is 0 Å². The summed E-state index contributed by atoms with van der Waals surface area (Å²) in [6, 6.07) is 8.42. The van der Waals surface area contributed by atoms with Gasteiger partial charge in [0.2, 0.25) is 10.0 Å². The average Bonchev–Trinajstić information content (AvgIpc) is 2.69. The summed E-state index contributed by atoms with van der Waals surface area (Å²) < 4.78 is 63.2. The summed E-state index contributed by atoms with van der Waals surface area (Å²) in [7, 11) is -3.61. The van der Waals surface area contributed by atoms with E-state index in [0.29, 0.717) is 32.4 Å². The van der Waals surface area contributed by atoms with E-state index in [4.69, 9.17) is 9.47 Å². The summed E-state index contributed by atoms with van der Waals surface area (Å²) in [6.07, 6.45) is 0. The summed E-state index contributed by atoms with van der Waals surface area (Å²) in [5.41, 5.74) is -0.165. The molecule has 1 heterocycles. The monoisotopic (exact) mass is 412 g/mol. The smallest absolute Gasteiger partial charge is 0.262 e. The molecule has 1 aliphatic rings. The molecular weight excluding hydrogens is 394 g/mol. The molecule has 3 rings (SSSR count). The van der Waals surface area contributed by atoms with E-state index >= 15 is 0 Å². The van der Waals surface area contributed by atoms with Crippen LogP contribution in [-0.4, -0.2) is 51.5 Å². The Hall–Kier alpha value is -2.56. The van der Waals surface area contributed by atoms with Gasteiger partial charge < -0.3 is 14.8 Å². The molecule has 1 saturated heterocycles. The normalized spacial score (nSPS) is 15.2. The number of nitrogens with one attached hydrogen (secondary N) is 1. The lowest BCUT2D eigenvalue weighted by atomic mass is 10.3. The number of ether oxygens (including phenoxy) is 2. The average molecular weight is 412 g/mol. The molecule has 7 nitrogen and oxygen atoms in total. The van der Waals surface area contributed by atoms with Crippen LogP contribution < -0.4 is 10.1 Å². The minimum atomic E-state index is -3.61. The van der Waals surface area contributed by atoms with E-state index < -0.39 is 34.2 Å². The molecule has 0 radical (unpaired) electrons. The number of amides is 1. The Kier molecular flexibility index (Phi) is 6.22. The zero-order valence-electron chi connectivity index (χ0n) is 14.7. The van der Waals surface area contributed by atoms with Crippen molar-refractivity contribution in [2.75, 3.05) is 38.2 Å². The van der Waals surface area contributed by atoms with Crippen LogP contribution >= 0.6 is 0 Å². The first-order valence-electron chi connectivity index (χ1n) is 8.42. The molecule has 0 aromatic heterocycles. The topological polar surface area (TPSA) is 84.9 Å². The third-order valence-electron chi connectivity index (χ3n) is 4.01. The summed E-state index contributed by atoms with van der Waals surface area (Å²) in [4.78, 5) is 12.0. The van der Waals surface area contributed by atoms with Crippen molar-refractivity contribution in [2.45, 2.75) is 4.90 Å². The molecule has 2 aromatic rings. The van der Waals surface area contributed by atoms with Crippen molar-refractivity contribution in [3.05, 3.63) is 54.1 Å². The Labute approximate surface area is 160 Å². The molecule has 0 spiro atoms. The highest BCUT2D eigenvalue weighted by Crippen LogP contribution is 2.21. The molecule has 0 bridgehead atoms. The van der Waals surface area contributed by atoms with Gasteiger partial charge in [-0.2, -0.15) is 4.31 Å². The molecule has 0 unspecified atom stereocenters. The summed E-state index contributed by atoms with van der Waals surface area (Å²) in [5, 5.41) is 2.27. The van der Waals surface area contributed by atoms with Gasteiger partial charge >= 0.3 is 0 Å². The van der Waals surface area contributed by atoms with Crippen LogP contribution in [0.15, 0.2) is 47.4 Å². The van der Waals surface area contributed by atoms with Crippen molar-refractivity contribution < 1.29 is 31.5 Å². The summed E-state index contributed by atoms with van der Waals surface area (Å²) in [5.74, 6) is -2.02. The fourth-order valence-corrected chi connectivity index (χ4v) is 3.98. The number of carbonyl (C=O) groups excluding carboxylic acids is 1. The molecule has 1 amide bonds. The number of morpholine rings is 1. The van der Waals surface area contributed by atoms with Crippen molar-refractivity contribution in [1.29, 1.82) is 0 Å². The van der Waals surface area contributed by atoms with Crippen LogP contribution in [-0.2, 0) is 19.6 Å². The van der Waals surface area contributed by atoms with Crippen LogP contribution in [0.3, 0.4) is 0 Å². The largest absolute Gasteiger partial charge is 0.484 e. The highest BCUT2D eigenvalue weighted by atomic mass is 32.2. The quantitative estimate of drug-likeness (QED) is 0.785. The molecule has 2 aromatic carbocycles. The molecule has 10 heteroatoms. The van der Waals surface area contributed by atoms with Gasteiger partial charge in [0.15, 0.2) is 6.61 Å². The first-order chi connectivity index (χ1) is 13.4. The van der Waals surface area contributed by atoms with Crippen LogP contribution in [0.25, 0.3) is 0 Å². The van der Waals surface area contributed by atoms with Gasteiger partial charge in [0.25, 0.3) is 5.91 Å². The van der Waals surface area contributed by atoms with E-state index in [1.807, 2.05) is 0 Å². The lowest BCUT2D eigenvalue weighted by Gasteiger charge is -2.26. The maximum atomic E-state index is 13.5. The maximum absolute atomic E-state index is 13.5. The van der Waals surface area contributed by atoms with Gasteiger partial charge in [0, 0.05) is 19.2 Å². The minimum absolute atomic E-state index is 0.111. The number of hydrogen-bond donors (Lipinski definition) is 1. The Morgan fingerprint density at radius 2 is 1.79 bits per heavy atom. The highest BCUT2D eigenvalue weighted by Gasteiger charge is 2.26. The Bertz CT molecular complexity index is 945. The number of sulfonamides is 1. The van der Waals surface area contributed by atoms with E-state index in [9.17, 15) is 22.0 Å². The van der Waals surface area contributed by atoms with Gasteiger partial charge in [-0.3, -0.25) is 4.79 Å². The van der Waals surface area contributed by atoms with Crippen molar-refractivity contribution in [3.8, 4) is 5.75 Å². The second-order valence-electron chi connectivity index (χ2n) is 5.95. The van der Waals surface area contributed by atoms with Crippen molar-refractivity contribution >= 4 is 21.6 Å². The fraction of sp³-hybridized carbons (Fsp3) is 0.278. The molecule has 0 aliphatic carbocycles. The van der Waals surface area contributed by atoms with Gasteiger partial charge in [0.05, 0.1) is 23.8 Å². The number of nitrogens with zero attached hydrogens (tertiary/aromatic N) is 1. The van der Waals surface area contributed by atoms with E-state index in [1.165, 1.54) is 28.6 Å². The van der Waals surface area contributed by atoms with Crippen LogP contribution in [0.5, 0.6) is 5.75 Å². The minimum Gasteiger partial charge on any atom is -0.484 e. The van der Waals surface area contributed by atoms with Gasteiger partial charge in [-0.05, 0) is 36.4 Å². The third kappa shape index (κ3) is 4.83. The first kappa shape index (κ1) is 20.2. The van der Waals surface area contributed by atoms with E-state index in [0.717, 1.165) is 12.1 Å². The number of rotatable bonds is 6. The Morgan fingerprint density at radius 3 is 2.43 bits per heavy atom. The zero-order chi connectivity index (χ0) is 20.1. The fourth-order valence-electron chi connectivity index (χ4n) is 2.57. The molecular formula is C18H18F2N2O5S. The lowest BCUT2D eigenvalue weighted by Crippen LogP contribution is -2.40. The van der Waals surface area contributed by atoms with Crippen LogP contribution in [0, 0.1) is 11.6 Å². The molecule has 0 atom stereocenters. The second-order valence-corrected chi connectivity index (χ2v) is 7.89. The molecule has 28 heavy (non-hydrogen) atoms. The summed E-state index contributed by atoms with van der Waals surface area (Å²) >= 11 is 0. The van der Waals surface area contributed by atoms with Crippen LogP contribution in [0.4, 0.5) is 14.5 Å². The highest BCUT2D eigenvalue weighted by molar-refractivity contribution is 7.89. The van der Waals surface area contributed by atoms with Gasteiger partial charge in [-0.1, -0.05) is 0 Å². The SMILES string of the molecule is O=C(COc1ccc(S(=O)(=O)N2CCOCC2)cc1)Nc1ccc(F)cc1F. The van der Waals surface area contributed by atoms with E-state index in [2.05, 4.69) is 5.32 Å². The lowest BCUT2D eigenvalue weighted by molar-refractivity contribution is -0.118. The Morgan fingerprint density at radius 1 is 1.11 bits per heavy atom. The van der Waals surface area contributed by atoms with Crippen molar-refractivity contribution in [3.63, 3.8) is 0 Å².